The van der Waals surface area contributed by atoms with Gasteiger partial charge in [-0.05, 0) is 36.8 Å². The van der Waals surface area contributed by atoms with Crippen molar-refractivity contribution >= 4 is 22.5 Å². The van der Waals surface area contributed by atoms with Gasteiger partial charge in [0.2, 0.25) is 5.56 Å². The molecule has 2 N–H and O–H groups in total. The Morgan fingerprint density at radius 3 is 2.81 bits per heavy atom. The molecule has 0 aliphatic carbocycles. The Hall–Kier alpha value is -2.95. The average Bonchev–Trinajstić information content (AvgIpc) is 2.50. The Morgan fingerprint density at radius 1 is 1.14 bits per heavy atom. The number of benzene rings is 1. The third-order valence-electron chi connectivity index (χ3n) is 3.23. The lowest BCUT2D eigenvalue weighted by Gasteiger charge is -2.09. The molecule has 0 atom stereocenters. The van der Waals surface area contributed by atoms with Gasteiger partial charge in [0.05, 0.1) is 11.2 Å². The van der Waals surface area contributed by atoms with Crippen molar-refractivity contribution in [3.05, 3.63) is 70.3 Å². The molecule has 3 aromatic rings. The van der Waals surface area contributed by atoms with Crippen molar-refractivity contribution in [3.8, 4) is 0 Å². The first-order chi connectivity index (χ1) is 10.1. The van der Waals surface area contributed by atoms with Crippen LogP contribution in [0.4, 0.5) is 5.69 Å². The summed E-state index contributed by atoms with van der Waals surface area (Å²) in [5.41, 5.74) is 2.46. The van der Waals surface area contributed by atoms with Crippen LogP contribution in [0.15, 0.2) is 53.5 Å². The van der Waals surface area contributed by atoms with E-state index in [1.807, 2.05) is 31.2 Å². The van der Waals surface area contributed by atoms with Crippen molar-refractivity contribution in [1.82, 2.24) is 9.97 Å². The molecule has 0 aliphatic heterocycles. The number of aromatic amines is 1. The smallest absolute Gasteiger partial charge is 0.272 e. The number of carbonyl (C=O) groups is 1. The second-order valence-electron chi connectivity index (χ2n) is 4.71. The number of rotatable bonds is 2. The number of H-pyrrole nitrogens is 1. The van der Waals surface area contributed by atoms with E-state index < -0.39 is 0 Å². The number of hydrogen-bond acceptors (Lipinski definition) is 3. The zero-order valence-corrected chi connectivity index (χ0v) is 11.4. The highest BCUT2D eigenvalue weighted by atomic mass is 16.2. The summed E-state index contributed by atoms with van der Waals surface area (Å²) in [5, 5.41) is 3.67. The molecule has 0 aliphatic rings. The molecule has 0 unspecified atom stereocenters. The molecule has 2 heterocycles. The number of nitrogens with one attached hydrogen (secondary N) is 2. The molecule has 104 valence electrons. The van der Waals surface area contributed by atoms with Gasteiger partial charge in [-0.2, -0.15) is 0 Å². The number of anilines is 1. The maximum absolute atomic E-state index is 12.2. The Labute approximate surface area is 120 Å². The van der Waals surface area contributed by atoms with Crippen molar-refractivity contribution < 1.29 is 4.79 Å². The number of pyridine rings is 2. The lowest BCUT2D eigenvalue weighted by Crippen LogP contribution is -2.18. The van der Waals surface area contributed by atoms with Crippen LogP contribution >= 0.6 is 0 Å². The molecular weight excluding hydrogens is 266 g/mol. The number of fused-ring (bicyclic) bond motifs is 1. The zero-order valence-electron chi connectivity index (χ0n) is 11.4. The average molecular weight is 279 g/mol. The summed E-state index contributed by atoms with van der Waals surface area (Å²) in [5.74, 6) is -0.360. The van der Waals surface area contributed by atoms with Crippen LogP contribution in [0.3, 0.4) is 0 Å². The van der Waals surface area contributed by atoms with E-state index in [1.165, 1.54) is 6.07 Å². The molecule has 5 heteroatoms. The fourth-order valence-electron chi connectivity index (χ4n) is 2.19. The molecular formula is C16H13N3O2. The lowest BCUT2D eigenvalue weighted by atomic mass is 10.1. The minimum absolute atomic E-state index is 0.222. The maximum Gasteiger partial charge on any atom is 0.272 e. The van der Waals surface area contributed by atoms with Crippen LogP contribution in [0.5, 0.6) is 0 Å². The topological polar surface area (TPSA) is 74.8 Å². The molecule has 0 saturated carbocycles. The SMILES string of the molecule is Cc1ccc(NC(=O)c2cccc(=O)[nH]2)c2cccnc12. The van der Waals surface area contributed by atoms with Crippen molar-refractivity contribution in [2.24, 2.45) is 0 Å². The third-order valence-corrected chi connectivity index (χ3v) is 3.23. The first kappa shape index (κ1) is 13.1. The fourth-order valence-corrected chi connectivity index (χ4v) is 2.19. The molecule has 0 radical (unpaired) electrons. The molecule has 0 bridgehead atoms. The van der Waals surface area contributed by atoms with E-state index in [-0.39, 0.29) is 17.2 Å². The van der Waals surface area contributed by atoms with Gasteiger partial charge < -0.3 is 10.3 Å². The second-order valence-corrected chi connectivity index (χ2v) is 4.71. The van der Waals surface area contributed by atoms with E-state index in [4.69, 9.17) is 0 Å². The molecule has 5 nitrogen and oxygen atoms in total. The molecule has 1 aromatic carbocycles. The van der Waals surface area contributed by atoms with E-state index >= 15 is 0 Å². The van der Waals surface area contributed by atoms with Crippen LogP contribution in [0.25, 0.3) is 10.9 Å². The molecule has 21 heavy (non-hydrogen) atoms. The largest absolute Gasteiger partial charge is 0.320 e. The van der Waals surface area contributed by atoms with Crippen LogP contribution in [0, 0.1) is 6.92 Å². The van der Waals surface area contributed by atoms with Crippen LogP contribution in [-0.4, -0.2) is 15.9 Å². The first-order valence-corrected chi connectivity index (χ1v) is 6.50. The van der Waals surface area contributed by atoms with Gasteiger partial charge in [0.15, 0.2) is 0 Å². The Balaban J connectivity index is 2.01. The van der Waals surface area contributed by atoms with Gasteiger partial charge in [0, 0.05) is 17.6 Å². The summed E-state index contributed by atoms with van der Waals surface area (Å²) in [6.45, 7) is 1.97. The highest BCUT2D eigenvalue weighted by molar-refractivity contribution is 6.08. The van der Waals surface area contributed by atoms with Gasteiger partial charge in [-0.1, -0.05) is 12.1 Å². The summed E-state index contributed by atoms with van der Waals surface area (Å²) in [6.07, 6.45) is 1.72. The van der Waals surface area contributed by atoms with E-state index in [0.717, 1.165) is 16.5 Å². The van der Waals surface area contributed by atoms with Crippen molar-refractivity contribution in [2.45, 2.75) is 6.92 Å². The normalized spacial score (nSPS) is 10.5. The number of aryl methyl sites for hydroxylation is 1. The molecule has 0 fully saturated rings. The van der Waals surface area contributed by atoms with Gasteiger partial charge in [0.1, 0.15) is 5.69 Å². The molecule has 0 spiro atoms. The Bertz CT molecular complexity index is 884. The van der Waals surface area contributed by atoms with Crippen molar-refractivity contribution in [1.29, 1.82) is 0 Å². The summed E-state index contributed by atoms with van der Waals surface area (Å²) < 4.78 is 0. The van der Waals surface area contributed by atoms with E-state index in [1.54, 1.807) is 18.3 Å². The molecule has 3 rings (SSSR count). The Morgan fingerprint density at radius 2 is 2.00 bits per heavy atom. The second kappa shape index (κ2) is 5.20. The monoisotopic (exact) mass is 279 g/mol. The standard InChI is InChI=1S/C16H13N3O2/c1-10-7-8-12(11-4-3-9-17-15(10)11)19-16(21)13-5-2-6-14(20)18-13/h2-9H,1H3,(H,18,20)(H,19,21). The van der Waals surface area contributed by atoms with Gasteiger partial charge in [-0.25, -0.2) is 0 Å². The van der Waals surface area contributed by atoms with Crippen molar-refractivity contribution in [2.75, 3.05) is 5.32 Å². The minimum Gasteiger partial charge on any atom is -0.320 e. The van der Waals surface area contributed by atoms with Gasteiger partial charge in [0.25, 0.3) is 5.91 Å². The van der Waals surface area contributed by atoms with Gasteiger partial charge in [-0.15, -0.1) is 0 Å². The van der Waals surface area contributed by atoms with E-state index in [9.17, 15) is 9.59 Å². The van der Waals surface area contributed by atoms with E-state index in [0.29, 0.717) is 5.69 Å². The Kier molecular flexibility index (Phi) is 3.23. The predicted molar refractivity (Wildman–Crippen MR) is 81.5 cm³/mol. The predicted octanol–water partition coefficient (Wildman–Crippen LogP) is 2.48. The fraction of sp³-hybridized carbons (Fsp3) is 0.0625. The van der Waals surface area contributed by atoms with Crippen molar-refractivity contribution in [3.63, 3.8) is 0 Å². The molecule has 0 saturated heterocycles. The lowest BCUT2D eigenvalue weighted by molar-refractivity contribution is 0.102. The highest BCUT2D eigenvalue weighted by Gasteiger charge is 2.10. The number of hydrogen-bond donors (Lipinski definition) is 2. The quantitative estimate of drug-likeness (QED) is 0.756. The number of amides is 1. The zero-order chi connectivity index (χ0) is 14.8. The first-order valence-electron chi connectivity index (χ1n) is 6.50. The number of aromatic nitrogens is 2. The van der Waals surface area contributed by atoms with Gasteiger partial charge >= 0.3 is 0 Å². The van der Waals surface area contributed by atoms with Gasteiger partial charge in [-0.3, -0.25) is 14.6 Å². The molecule has 1 amide bonds. The summed E-state index contributed by atoms with van der Waals surface area (Å²) in [6, 6.07) is 11.9. The van der Waals surface area contributed by atoms with Crippen LogP contribution < -0.4 is 10.9 Å². The minimum atomic E-state index is -0.360. The summed E-state index contributed by atoms with van der Waals surface area (Å²) >= 11 is 0. The number of nitrogens with zero attached hydrogens (tertiary/aromatic N) is 1. The van der Waals surface area contributed by atoms with Crippen LogP contribution in [0.2, 0.25) is 0 Å². The van der Waals surface area contributed by atoms with E-state index in [2.05, 4.69) is 15.3 Å². The highest BCUT2D eigenvalue weighted by Crippen LogP contribution is 2.24. The summed E-state index contributed by atoms with van der Waals surface area (Å²) in [7, 11) is 0. The maximum atomic E-state index is 12.2. The third kappa shape index (κ3) is 2.53. The number of carbonyl (C=O) groups excluding carboxylic acids is 1. The molecule has 2 aromatic heterocycles. The van der Waals surface area contributed by atoms with Crippen LogP contribution in [0.1, 0.15) is 16.1 Å². The summed E-state index contributed by atoms with van der Waals surface area (Å²) in [4.78, 5) is 30.3. The van der Waals surface area contributed by atoms with Crippen LogP contribution in [-0.2, 0) is 0 Å².